The summed E-state index contributed by atoms with van der Waals surface area (Å²) in [5, 5.41) is 3.34. The summed E-state index contributed by atoms with van der Waals surface area (Å²) in [6.45, 7) is 0.953. The third-order valence-electron chi connectivity index (χ3n) is 4.32. The second-order valence-corrected chi connectivity index (χ2v) is 6.35. The minimum absolute atomic E-state index is 0.161. The molecule has 0 N–H and O–H groups in total. The van der Waals surface area contributed by atoms with Crippen LogP contribution in [0, 0.1) is 0 Å². The first kappa shape index (κ1) is 18.8. The summed E-state index contributed by atoms with van der Waals surface area (Å²) in [7, 11) is 0. The molecule has 0 unspecified atom stereocenters. The average Bonchev–Trinajstić information content (AvgIpc) is 3.38. The predicted octanol–water partition coefficient (Wildman–Crippen LogP) is 2.84. The van der Waals surface area contributed by atoms with E-state index in [1.807, 2.05) is 0 Å². The highest BCUT2D eigenvalue weighted by molar-refractivity contribution is 5.93. The quantitative estimate of drug-likeness (QED) is 0.659. The molecule has 0 bridgehead atoms. The highest BCUT2D eigenvalue weighted by atomic mass is 19.4. The van der Waals surface area contributed by atoms with Gasteiger partial charge in [-0.15, -0.1) is 0 Å². The maximum atomic E-state index is 12.6. The van der Waals surface area contributed by atoms with Gasteiger partial charge < -0.3 is 14.2 Å². The number of rotatable bonds is 4. The van der Waals surface area contributed by atoms with Crippen LogP contribution >= 0.6 is 0 Å². The van der Waals surface area contributed by atoms with E-state index < -0.39 is 12.1 Å². The predicted molar refractivity (Wildman–Crippen MR) is 91.7 cm³/mol. The van der Waals surface area contributed by atoms with E-state index in [9.17, 15) is 18.0 Å². The number of carbonyl (C=O) groups is 1. The summed E-state index contributed by atoms with van der Waals surface area (Å²) in [6.07, 6.45) is 0.0488. The molecule has 3 heterocycles. The van der Waals surface area contributed by atoms with Gasteiger partial charge in [0.25, 0.3) is 5.91 Å². The van der Waals surface area contributed by atoms with Gasteiger partial charge in [-0.1, -0.05) is 5.16 Å². The number of amides is 1. The number of halogens is 3. The number of ether oxygens (including phenoxy) is 1. The normalized spacial score (nSPS) is 16.8. The van der Waals surface area contributed by atoms with Gasteiger partial charge in [-0.25, -0.2) is 9.97 Å². The molecule has 4 rings (SSSR count). The van der Waals surface area contributed by atoms with Crippen molar-refractivity contribution in [3.8, 4) is 17.1 Å². The van der Waals surface area contributed by atoms with Gasteiger partial charge >= 0.3 is 12.1 Å². The molecule has 0 spiro atoms. The molecule has 8 nitrogen and oxygen atoms in total. The Morgan fingerprint density at radius 3 is 2.55 bits per heavy atom. The molecule has 1 aromatic carbocycles. The highest BCUT2D eigenvalue weighted by Gasteiger charge is 2.38. The molecule has 1 saturated heterocycles. The van der Waals surface area contributed by atoms with Gasteiger partial charge in [-0.2, -0.15) is 18.2 Å². The van der Waals surface area contributed by atoms with E-state index in [-0.39, 0.29) is 17.8 Å². The van der Waals surface area contributed by atoms with Crippen LogP contribution in [-0.4, -0.2) is 50.1 Å². The van der Waals surface area contributed by atoms with Gasteiger partial charge in [0, 0.05) is 30.9 Å². The van der Waals surface area contributed by atoms with E-state index in [0.29, 0.717) is 36.4 Å². The molecular weight excluding hydrogens is 391 g/mol. The number of aromatic nitrogens is 4. The lowest BCUT2D eigenvalue weighted by atomic mass is 10.2. The molecular formula is C18H14F3N5O3. The van der Waals surface area contributed by atoms with Crippen molar-refractivity contribution in [2.75, 3.05) is 13.1 Å². The molecule has 1 aliphatic heterocycles. The third kappa shape index (κ3) is 4.18. The summed E-state index contributed by atoms with van der Waals surface area (Å²) in [4.78, 5) is 25.1. The molecule has 1 aliphatic rings. The number of benzene rings is 1. The minimum atomic E-state index is -4.69. The van der Waals surface area contributed by atoms with Crippen LogP contribution in [0.4, 0.5) is 13.2 Å². The van der Waals surface area contributed by atoms with Crippen molar-refractivity contribution < 1.29 is 27.2 Å². The first-order valence-corrected chi connectivity index (χ1v) is 8.62. The summed E-state index contributed by atoms with van der Waals surface area (Å²) in [6, 6.07) is 6.29. The number of hydrogen-bond acceptors (Lipinski definition) is 7. The fraction of sp³-hybridized carbons (Fsp3) is 0.278. The molecule has 3 aromatic rings. The zero-order chi connectivity index (χ0) is 20.4. The molecule has 0 aliphatic carbocycles. The van der Waals surface area contributed by atoms with Crippen molar-refractivity contribution in [3.63, 3.8) is 0 Å². The summed E-state index contributed by atoms with van der Waals surface area (Å²) in [5.41, 5.74) is 0.778. The summed E-state index contributed by atoms with van der Waals surface area (Å²) >= 11 is 0. The topological polar surface area (TPSA) is 94.2 Å². The minimum Gasteiger partial charge on any atom is -0.489 e. The number of carbonyl (C=O) groups excluding carboxylic acids is 1. The van der Waals surface area contributed by atoms with Crippen LogP contribution in [0.3, 0.4) is 0 Å². The number of alkyl halides is 3. The lowest BCUT2D eigenvalue weighted by molar-refractivity contribution is -0.159. The molecule has 1 amide bonds. The van der Waals surface area contributed by atoms with Gasteiger partial charge in [0.1, 0.15) is 18.2 Å². The fourth-order valence-electron chi connectivity index (χ4n) is 2.93. The van der Waals surface area contributed by atoms with Crippen molar-refractivity contribution in [1.29, 1.82) is 0 Å². The lowest BCUT2D eigenvalue weighted by Crippen LogP contribution is -2.31. The van der Waals surface area contributed by atoms with E-state index in [1.165, 1.54) is 18.7 Å². The Morgan fingerprint density at radius 2 is 1.90 bits per heavy atom. The first-order chi connectivity index (χ1) is 13.9. The Balaban J connectivity index is 1.37. The third-order valence-corrected chi connectivity index (χ3v) is 4.32. The van der Waals surface area contributed by atoms with Gasteiger partial charge in [0.05, 0.1) is 12.1 Å². The zero-order valence-corrected chi connectivity index (χ0v) is 14.8. The van der Waals surface area contributed by atoms with Crippen LogP contribution in [0.2, 0.25) is 0 Å². The molecule has 150 valence electrons. The molecule has 0 saturated carbocycles. The van der Waals surface area contributed by atoms with E-state index in [4.69, 9.17) is 4.74 Å². The van der Waals surface area contributed by atoms with Crippen molar-refractivity contribution in [2.24, 2.45) is 0 Å². The molecule has 11 heteroatoms. The Morgan fingerprint density at radius 1 is 1.17 bits per heavy atom. The Hall–Kier alpha value is -3.50. The van der Waals surface area contributed by atoms with Crippen LogP contribution in [0.1, 0.15) is 22.7 Å². The monoisotopic (exact) mass is 405 g/mol. The van der Waals surface area contributed by atoms with Gasteiger partial charge in [0.2, 0.25) is 5.82 Å². The van der Waals surface area contributed by atoms with Crippen molar-refractivity contribution in [3.05, 3.63) is 54.4 Å². The second-order valence-electron chi connectivity index (χ2n) is 6.35. The van der Waals surface area contributed by atoms with E-state index in [2.05, 4.69) is 24.6 Å². The van der Waals surface area contributed by atoms with E-state index >= 15 is 0 Å². The SMILES string of the molecule is O=C(c1cncnc1)N1CC[C@@H](Oc2ccc(-c3noc(C(F)(F)F)n3)cc2)C1. The van der Waals surface area contributed by atoms with Crippen LogP contribution < -0.4 is 4.74 Å². The van der Waals surface area contributed by atoms with Gasteiger partial charge in [-0.05, 0) is 24.3 Å². The lowest BCUT2D eigenvalue weighted by Gasteiger charge is -2.17. The largest absolute Gasteiger partial charge is 0.489 e. The summed E-state index contributed by atoms with van der Waals surface area (Å²) < 4.78 is 47.8. The first-order valence-electron chi connectivity index (χ1n) is 8.62. The molecule has 2 aromatic heterocycles. The maximum Gasteiger partial charge on any atom is 0.471 e. The number of hydrogen-bond donors (Lipinski definition) is 0. The van der Waals surface area contributed by atoms with Crippen molar-refractivity contribution >= 4 is 5.91 Å². The maximum absolute atomic E-state index is 12.6. The smallest absolute Gasteiger partial charge is 0.471 e. The Bertz CT molecular complexity index is 992. The average molecular weight is 405 g/mol. The standard InChI is InChI=1S/C18H14F3N5O3/c19-18(20,21)17-24-15(25-29-17)11-1-3-13(4-2-11)28-14-5-6-26(9-14)16(27)12-7-22-10-23-8-12/h1-4,7-8,10,14H,5-6,9H2/t14-/m1/s1. The summed E-state index contributed by atoms with van der Waals surface area (Å²) in [5.74, 6) is -1.20. The Labute approximate surface area is 162 Å². The van der Waals surface area contributed by atoms with Crippen molar-refractivity contribution in [2.45, 2.75) is 18.7 Å². The van der Waals surface area contributed by atoms with Gasteiger partial charge in [-0.3, -0.25) is 4.79 Å². The van der Waals surface area contributed by atoms with Crippen LogP contribution in [0.5, 0.6) is 5.75 Å². The van der Waals surface area contributed by atoms with E-state index in [1.54, 1.807) is 29.2 Å². The number of likely N-dealkylation sites (tertiary alicyclic amines) is 1. The molecule has 1 atom stereocenters. The molecule has 1 fully saturated rings. The fourth-order valence-corrected chi connectivity index (χ4v) is 2.93. The van der Waals surface area contributed by atoms with E-state index in [0.717, 1.165) is 0 Å². The molecule has 0 radical (unpaired) electrons. The van der Waals surface area contributed by atoms with Crippen LogP contribution in [0.15, 0.2) is 47.5 Å². The molecule has 29 heavy (non-hydrogen) atoms. The Kier molecular flexibility index (Phi) is 4.87. The zero-order valence-electron chi connectivity index (χ0n) is 14.8. The van der Waals surface area contributed by atoms with Crippen LogP contribution in [-0.2, 0) is 6.18 Å². The van der Waals surface area contributed by atoms with Gasteiger partial charge in [0.15, 0.2) is 0 Å². The van der Waals surface area contributed by atoms with Crippen LogP contribution in [0.25, 0.3) is 11.4 Å². The van der Waals surface area contributed by atoms with Crippen molar-refractivity contribution in [1.82, 2.24) is 25.0 Å². The second kappa shape index (κ2) is 7.49. The number of nitrogens with zero attached hydrogens (tertiary/aromatic N) is 5. The highest BCUT2D eigenvalue weighted by Crippen LogP contribution is 2.30.